The summed E-state index contributed by atoms with van der Waals surface area (Å²) in [5.74, 6) is 0.0124. The molecule has 0 bridgehead atoms. The van der Waals surface area contributed by atoms with Gasteiger partial charge in [0, 0.05) is 44.1 Å². The van der Waals surface area contributed by atoms with Crippen LogP contribution in [0.15, 0.2) is 48.8 Å². The van der Waals surface area contributed by atoms with Gasteiger partial charge in [0.25, 0.3) is 11.8 Å². The zero-order valence-corrected chi connectivity index (χ0v) is 13.8. The van der Waals surface area contributed by atoms with E-state index in [0.29, 0.717) is 37.3 Å². The Labute approximate surface area is 141 Å². The minimum atomic E-state index is -0.0206. The molecule has 1 fully saturated rings. The van der Waals surface area contributed by atoms with E-state index in [9.17, 15) is 9.59 Å². The van der Waals surface area contributed by atoms with Crippen molar-refractivity contribution in [3.63, 3.8) is 0 Å². The molecule has 0 unspecified atom stereocenters. The van der Waals surface area contributed by atoms with Gasteiger partial charge in [-0.25, -0.2) is 0 Å². The van der Waals surface area contributed by atoms with Crippen molar-refractivity contribution < 1.29 is 9.59 Å². The van der Waals surface area contributed by atoms with E-state index >= 15 is 0 Å². The second kappa shape index (κ2) is 7.25. The van der Waals surface area contributed by atoms with Crippen LogP contribution in [0.4, 0.5) is 0 Å². The van der Waals surface area contributed by atoms with Crippen LogP contribution in [0.2, 0.25) is 0 Å². The molecular formula is C19H21N3O2. The van der Waals surface area contributed by atoms with Crippen LogP contribution in [0.5, 0.6) is 0 Å². The van der Waals surface area contributed by atoms with Gasteiger partial charge in [0.2, 0.25) is 0 Å². The van der Waals surface area contributed by atoms with E-state index in [0.717, 1.165) is 12.0 Å². The summed E-state index contributed by atoms with van der Waals surface area (Å²) in [5.41, 5.74) is 2.43. The SMILES string of the molecule is Cc1ccc(C(=O)N2CCCN(C(=O)c3cccnc3)CC2)cc1. The maximum Gasteiger partial charge on any atom is 0.255 e. The van der Waals surface area contributed by atoms with Crippen LogP contribution in [0.25, 0.3) is 0 Å². The lowest BCUT2D eigenvalue weighted by Gasteiger charge is -2.22. The molecule has 1 aromatic heterocycles. The highest BCUT2D eigenvalue weighted by Crippen LogP contribution is 2.12. The third kappa shape index (κ3) is 3.62. The lowest BCUT2D eigenvalue weighted by Crippen LogP contribution is -2.37. The number of carbonyl (C=O) groups excluding carboxylic acids is 2. The first-order valence-electron chi connectivity index (χ1n) is 8.20. The molecule has 5 heteroatoms. The van der Waals surface area contributed by atoms with Gasteiger partial charge in [-0.3, -0.25) is 14.6 Å². The first-order valence-corrected chi connectivity index (χ1v) is 8.20. The molecule has 2 aromatic rings. The number of hydrogen-bond donors (Lipinski definition) is 0. The van der Waals surface area contributed by atoms with Crippen LogP contribution in [-0.2, 0) is 0 Å². The summed E-state index contributed by atoms with van der Waals surface area (Å²) in [7, 11) is 0. The van der Waals surface area contributed by atoms with Gasteiger partial charge in [-0.2, -0.15) is 0 Å². The average Bonchev–Trinajstić information content (AvgIpc) is 2.88. The zero-order valence-electron chi connectivity index (χ0n) is 13.8. The summed E-state index contributed by atoms with van der Waals surface area (Å²) in [6.07, 6.45) is 4.02. The molecule has 1 aromatic carbocycles. The molecule has 24 heavy (non-hydrogen) atoms. The highest BCUT2D eigenvalue weighted by Gasteiger charge is 2.23. The van der Waals surface area contributed by atoms with E-state index in [1.165, 1.54) is 0 Å². The fourth-order valence-corrected chi connectivity index (χ4v) is 2.87. The topological polar surface area (TPSA) is 53.5 Å². The largest absolute Gasteiger partial charge is 0.337 e. The van der Waals surface area contributed by atoms with E-state index in [1.54, 1.807) is 29.4 Å². The minimum Gasteiger partial charge on any atom is -0.337 e. The van der Waals surface area contributed by atoms with Crippen LogP contribution in [0.3, 0.4) is 0 Å². The molecule has 0 spiro atoms. The molecule has 0 aliphatic carbocycles. The highest BCUT2D eigenvalue weighted by molar-refractivity contribution is 5.95. The second-order valence-corrected chi connectivity index (χ2v) is 6.05. The number of nitrogens with zero attached hydrogens (tertiary/aromatic N) is 3. The van der Waals surface area contributed by atoms with Crippen molar-refractivity contribution in [3.8, 4) is 0 Å². The number of hydrogen-bond acceptors (Lipinski definition) is 3. The second-order valence-electron chi connectivity index (χ2n) is 6.05. The number of pyridine rings is 1. The molecule has 2 amide bonds. The van der Waals surface area contributed by atoms with Crippen LogP contribution >= 0.6 is 0 Å². The Kier molecular flexibility index (Phi) is 4.89. The Morgan fingerprint density at radius 3 is 2.08 bits per heavy atom. The van der Waals surface area contributed by atoms with Crippen molar-refractivity contribution in [2.24, 2.45) is 0 Å². The molecule has 1 aliphatic rings. The van der Waals surface area contributed by atoms with Gasteiger partial charge in [-0.05, 0) is 37.6 Å². The third-order valence-corrected chi connectivity index (χ3v) is 4.28. The molecule has 1 aliphatic heterocycles. The van der Waals surface area contributed by atoms with Gasteiger partial charge in [0.05, 0.1) is 5.56 Å². The maximum atomic E-state index is 12.6. The first kappa shape index (κ1) is 16.2. The van der Waals surface area contributed by atoms with E-state index < -0.39 is 0 Å². The summed E-state index contributed by atoms with van der Waals surface area (Å²) in [6, 6.07) is 11.2. The number of amides is 2. The molecule has 0 saturated carbocycles. The number of carbonyl (C=O) groups is 2. The van der Waals surface area contributed by atoms with Crippen LogP contribution in [-0.4, -0.2) is 52.8 Å². The third-order valence-electron chi connectivity index (χ3n) is 4.28. The van der Waals surface area contributed by atoms with E-state index in [-0.39, 0.29) is 11.8 Å². The fraction of sp³-hybridized carbons (Fsp3) is 0.316. The summed E-state index contributed by atoms with van der Waals surface area (Å²) in [4.78, 5) is 32.8. The van der Waals surface area contributed by atoms with Crippen molar-refractivity contribution in [1.29, 1.82) is 0 Å². The quantitative estimate of drug-likeness (QED) is 0.852. The Morgan fingerprint density at radius 1 is 0.875 bits per heavy atom. The first-order chi connectivity index (χ1) is 11.6. The number of benzene rings is 1. The van der Waals surface area contributed by atoms with Crippen LogP contribution < -0.4 is 0 Å². The summed E-state index contributed by atoms with van der Waals surface area (Å²) in [6.45, 7) is 4.43. The fourth-order valence-electron chi connectivity index (χ4n) is 2.87. The van der Waals surface area contributed by atoms with Gasteiger partial charge in [-0.15, -0.1) is 0 Å². The van der Waals surface area contributed by atoms with Crippen molar-refractivity contribution in [2.75, 3.05) is 26.2 Å². The van der Waals surface area contributed by atoms with Gasteiger partial charge in [0.15, 0.2) is 0 Å². The van der Waals surface area contributed by atoms with E-state index in [1.807, 2.05) is 36.1 Å². The minimum absolute atomic E-state index is 0.0206. The lowest BCUT2D eigenvalue weighted by molar-refractivity contribution is 0.0718. The molecule has 0 radical (unpaired) electrons. The summed E-state index contributed by atoms with van der Waals surface area (Å²) >= 11 is 0. The lowest BCUT2D eigenvalue weighted by atomic mass is 10.1. The highest BCUT2D eigenvalue weighted by atomic mass is 16.2. The standard InChI is InChI=1S/C19H21N3O2/c1-15-5-7-16(8-6-15)18(23)21-10-3-11-22(13-12-21)19(24)17-4-2-9-20-14-17/h2,4-9,14H,3,10-13H2,1H3. The normalized spacial score (nSPS) is 15.0. The molecule has 1 saturated heterocycles. The van der Waals surface area contributed by atoms with Gasteiger partial charge >= 0.3 is 0 Å². The van der Waals surface area contributed by atoms with Crippen molar-refractivity contribution in [1.82, 2.24) is 14.8 Å². The maximum absolute atomic E-state index is 12.6. The summed E-state index contributed by atoms with van der Waals surface area (Å²) < 4.78 is 0. The van der Waals surface area contributed by atoms with Crippen molar-refractivity contribution in [2.45, 2.75) is 13.3 Å². The molecule has 0 atom stereocenters. The van der Waals surface area contributed by atoms with Crippen LogP contribution in [0, 0.1) is 6.92 Å². The smallest absolute Gasteiger partial charge is 0.255 e. The van der Waals surface area contributed by atoms with E-state index in [2.05, 4.69) is 4.98 Å². The zero-order chi connectivity index (χ0) is 16.9. The summed E-state index contributed by atoms with van der Waals surface area (Å²) in [5, 5.41) is 0. The van der Waals surface area contributed by atoms with E-state index in [4.69, 9.17) is 0 Å². The number of rotatable bonds is 2. The molecule has 5 nitrogen and oxygen atoms in total. The molecule has 0 N–H and O–H groups in total. The predicted molar refractivity (Wildman–Crippen MR) is 91.8 cm³/mol. The van der Waals surface area contributed by atoms with Crippen LogP contribution in [0.1, 0.15) is 32.7 Å². The molecule has 124 valence electrons. The number of aromatic nitrogens is 1. The van der Waals surface area contributed by atoms with Gasteiger partial charge in [-0.1, -0.05) is 17.7 Å². The van der Waals surface area contributed by atoms with Gasteiger partial charge < -0.3 is 9.80 Å². The molecular weight excluding hydrogens is 302 g/mol. The van der Waals surface area contributed by atoms with Crippen molar-refractivity contribution >= 4 is 11.8 Å². The van der Waals surface area contributed by atoms with Crippen molar-refractivity contribution in [3.05, 3.63) is 65.5 Å². The molecule has 3 rings (SSSR count). The Bertz CT molecular complexity index is 713. The predicted octanol–water partition coefficient (Wildman–Crippen LogP) is 2.38. The monoisotopic (exact) mass is 323 g/mol. The Balaban J connectivity index is 1.65. The number of aryl methyl sites for hydroxylation is 1. The average molecular weight is 323 g/mol. The van der Waals surface area contributed by atoms with Gasteiger partial charge in [0.1, 0.15) is 0 Å². The Hall–Kier alpha value is -2.69. The molecule has 2 heterocycles. The Morgan fingerprint density at radius 2 is 1.50 bits per heavy atom.